The molecule has 0 spiro atoms. The van der Waals surface area contributed by atoms with Crippen LogP contribution in [0.3, 0.4) is 0 Å². The van der Waals surface area contributed by atoms with Crippen molar-refractivity contribution in [3.8, 4) is 28.4 Å². The largest absolute Gasteiger partial charge is 0.508 e. The van der Waals surface area contributed by atoms with Crippen LogP contribution in [0.1, 0.15) is 16.1 Å². The van der Waals surface area contributed by atoms with Crippen LogP contribution in [-0.4, -0.2) is 21.0 Å². The fraction of sp³-hybridized carbons (Fsp3) is 0.0556. The summed E-state index contributed by atoms with van der Waals surface area (Å²) in [6.07, 6.45) is 0. The molecule has 0 atom stereocenters. The van der Waals surface area contributed by atoms with Crippen molar-refractivity contribution in [2.45, 2.75) is 6.92 Å². The van der Waals surface area contributed by atoms with Crippen LogP contribution in [0.15, 0.2) is 42.5 Å². The average molecular weight is 355 g/mol. The quantitative estimate of drug-likeness (QED) is 0.668. The second kappa shape index (κ2) is 6.41. The first-order valence-corrected chi connectivity index (χ1v) is 7.78. The Morgan fingerprint density at radius 3 is 2.44 bits per heavy atom. The highest BCUT2D eigenvalue weighted by atomic mass is 35.5. The van der Waals surface area contributed by atoms with Gasteiger partial charge in [-0.25, -0.2) is 9.97 Å². The average Bonchev–Trinajstić information content (AvgIpc) is 2.58. The lowest BCUT2D eigenvalue weighted by Gasteiger charge is -2.13. The molecule has 25 heavy (non-hydrogen) atoms. The van der Waals surface area contributed by atoms with Gasteiger partial charge in [0.2, 0.25) is 0 Å². The number of amides is 1. The topological polar surface area (TPSA) is 115 Å². The summed E-state index contributed by atoms with van der Waals surface area (Å²) < 4.78 is 0. The van der Waals surface area contributed by atoms with Crippen molar-refractivity contribution >= 4 is 23.2 Å². The second-order valence-corrected chi connectivity index (χ2v) is 5.96. The van der Waals surface area contributed by atoms with Crippen molar-refractivity contribution in [1.29, 1.82) is 0 Å². The van der Waals surface area contributed by atoms with Gasteiger partial charge in [-0.05, 0) is 48.9 Å². The van der Waals surface area contributed by atoms with E-state index in [1.54, 1.807) is 36.4 Å². The van der Waals surface area contributed by atoms with E-state index in [0.29, 0.717) is 21.8 Å². The summed E-state index contributed by atoms with van der Waals surface area (Å²) in [6, 6.07) is 11.7. The fourth-order valence-electron chi connectivity index (χ4n) is 2.46. The number of nitrogens with zero attached hydrogens (tertiary/aromatic N) is 2. The second-order valence-electron chi connectivity index (χ2n) is 5.53. The van der Waals surface area contributed by atoms with E-state index in [9.17, 15) is 9.90 Å². The summed E-state index contributed by atoms with van der Waals surface area (Å²) in [5, 5.41) is 10.4. The maximum atomic E-state index is 11.8. The predicted molar refractivity (Wildman–Crippen MR) is 97.2 cm³/mol. The van der Waals surface area contributed by atoms with Gasteiger partial charge in [0.15, 0.2) is 11.5 Å². The number of hydrogen-bond donors (Lipinski definition) is 3. The minimum atomic E-state index is -0.755. The summed E-state index contributed by atoms with van der Waals surface area (Å²) in [6.45, 7) is 1.85. The van der Waals surface area contributed by atoms with Gasteiger partial charge < -0.3 is 16.6 Å². The standard InChI is InChI=1S/C18H15ClN4O2/c1-9-2-7-12(24)8-13(9)15-14(20)16(17(21)25)23-18(22-15)10-3-5-11(19)6-4-10/h2-8,24H,20H2,1H3,(H2,21,25). The van der Waals surface area contributed by atoms with Gasteiger partial charge in [-0.3, -0.25) is 4.79 Å². The first kappa shape index (κ1) is 16.7. The number of carbonyl (C=O) groups is 1. The molecule has 0 unspecified atom stereocenters. The van der Waals surface area contributed by atoms with Gasteiger partial charge in [0.25, 0.3) is 5.91 Å². The Labute approximate surface area is 149 Å². The van der Waals surface area contributed by atoms with Crippen LogP contribution < -0.4 is 11.5 Å². The molecule has 1 amide bonds. The van der Waals surface area contributed by atoms with Crippen molar-refractivity contribution in [3.63, 3.8) is 0 Å². The highest BCUT2D eigenvalue weighted by molar-refractivity contribution is 6.30. The van der Waals surface area contributed by atoms with E-state index in [1.807, 2.05) is 6.92 Å². The number of benzene rings is 2. The first-order valence-electron chi connectivity index (χ1n) is 7.40. The Balaban J connectivity index is 2.29. The number of hydrogen-bond acceptors (Lipinski definition) is 5. The van der Waals surface area contributed by atoms with Crippen molar-refractivity contribution in [2.24, 2.45) is 5.73 Å². The van der Waals surface area contributed by atoms with Gasteiger partial charge in [-0.15, -0.1) is 0 Å². The highest BCUT2D eigenvalue weighted by Gasteiger charge is 2.19. The van der Waals surface area contributed by atoms with Gasteiger partial charge in [-0.1, -0.05) is 17.7 Å². The monoisotopic (exact) mass is 354 g/mol. The third-order valence-corrected chi connectivity index (χ3v) is 4.01. The SMILES string of the molecule is Cc1ccc(O)cc1-c1nc(-c2ccc(Cl)cc2)nc(C(N)=O)c1N. The number of anilines is 1. The molecular weight excluding hydrogens is 340 g/mol. The molecule has 0 aliphatic carbocycles. The van der Waals surface area contributed by atoms with Crippen LogP contribution in [0, 0.1) is 6.92 Å². The van der Waals surface area contributed by atoms with E-state index >= 15 is 0 Å². The Kier molecular flexibility index (Phi) is 4.29. The van der Waals surface area contributed by atoms with Crippen LogP contribution in [-0.2, 0) is 0 Å². The Bertz CT molecular complexity index is 972. The lowest BCUT2D eigenvalue weighted by Crippen LogP contribution is -2.18. The number of halogens is 1. The van der Waals surface area contributed by atoms with E-state index in [2.05, 4.69) is 9.97 Å². The molecular formula is C18H15ClN4O2. The minimum Gasteiger partial charge on any atom is -0.508 e. The number of aromatic hydroxyl groups is 1. The zero-order valence-corrected chi connectivity index (χ0v) is 14.1. The normalized spacial score (nSPS) is 10.6. The van der Waals surface area contributed by atoms with Crippen LogP contribution in [0.25, 0.3) is 22.6 Å². The van der Waals surface area contributed by atoms with E-state index in [4.69, 9.17) is 23.1 Å². The molecule has 0 aliphatic rings. The number of primary amides is 1. The van der Waals surface area contributed by atoms with Crippen molar-refractivity contribution in [3.05, 3.63) is 58.7 Å². The summed E-state index contributed by atoms with van der Waals surface area (Å²) in [5.41, 5.74) is 13.9. The molecule has 2 aromatic carbocycles. The summed E-state index contributed by atoms with van der Waals surface area (Å²) in [4.78, 5) is 20.5. The smallest absolute Gasteiger partial charge is 0.269 e. The number of nitrogens with two attached hydrogens (primary N) is 2. The summed E-state index contributed by atoms with van der Waals surface area (Å²) in [5.74, 6) is -0.404. The third kappa shape index (κ3) is 3.25. The molecule has 5 N–H and O–H groups in total. The molecule has 1 heterocycles. The number of aromatic nitrogens is 2. The minimum absolute atomic E-state index is 0.0623. The zero-order chi connectivity index (χ0) is 18.1. The highest BCUT2D eigenvalue weighted by Crippen LogP contribution is 2.33. The molecule has 7 heteroatoms. The number of rotatable bonds is 3. The first-order chi connectivity index (χ1) is 11.9. The van der Waals surface area contributed by atoms with E-state index < -0.39 is 5.91 Å². The summed E-state index contributed by atoms with van der Waals surface area (Å²) in [7, 11) is 0. The molecule has 0 radical (unpaired) electrons. The van der Waals surface area contributed by atoms with Gasteiger partial charge in [0, 0.05) is 16.1 Å². The lowest BCUT2D eigenvalue weighted by atomic mass is 10.0. The van der Waals surface area contributed by atoms with Crippen molar-refractivity contribution in [2.75, 3.05) is 5.73 Å². The molecule has 0 aliphatic heterocycles. The maximum absolute atomic E-state index is 11.8. The number of aryl methyl sites for hydroxylation is 1. The third-order valence-electron chi connectivity index (χ3n) is 3.76. The number of nitrogen functional groups attached to an aromatic ring is 1. The predicted octanol–water partition coefficient (Wildman–Crippen LogP) is 3.16. The van der Waals surface area contributed by atoms with Gasteiger partial charge in [-0.2, -0.15) is 0 Å². The van der Waals surface area contributed by atoms with Gasteiger partial charge >= 0.3 is 0 Å². The van der Waals surface area contributed by atoms with Gasteiger partial charge in [0.1, 0.15) is 5.75 Å². The van der Waals surface area contributed by atoms with E-state index in [1.165, 1.54) is 6.07 Å². The van der Waals surface area contributed by atoms with Crippen LogP contribution >= 0.6 is 11.6 Å². The van der Waals surface area contributed by atoms with E-state index in [-0.39, 0.29) is 23.0 Å². The molecule has 0 bridgehead atoms. The Morgan fingerprint density at radius 2 is 1.80 bits per heavy atom. The van der Waals surface area contributed by atoms with Crippen molar-refractivity contribution in [1.82, 2.24) is 9.97 Å². The fourth-order valence-corrected chi connectivity index (χ4v) is 2.58. The molecule has 0 fully saturated rings. The Hall–Kier alpha value is -3.12. The zero-order valence-electron chi connectivity index (χ0n) is 13.3. The molecule has 126 valence electrons. The van der Waals surface area contributed by atoms with Crippen LogP contribution in [0.4, 0.5) is 5.69 Å². The number of phenols is 1. The number of phenolic OH excluding ortho intramolecular Hbond substituents is 1. The van der Waals surface area contributed by atoms with Crippen LogP contribution in [0.2, 0.25) is 5.02 Å². The maximum Gasteiger partial charge on any atom is 0.269 e. The molecule has 3 aromatic rings. The molecule has 0 saturated carbocycles. The molecule has 1 aromatic heterocycles. The molecule has 3 rings (SSSR count). The Morgan fingerprint density at radius 1 is 1.12 bits per heavy atom. The van der Waals surface area contributed by atoms with Crippen molar-refractivity contribution < 1.29 is 9.90 Å². The van der Waals surface area contributed by atoms with Crippen LogP contribution in [0.5, 0.6) is 5.75 Å². The van der Waals surface area contributed by atoms with Gasteiger partial charge in [0.05, 0.1) is 11.4 Å². The lowest BCUT2D eigenvalue weighted by molar-refractivity contribution is 0.0996. The summed E-state index contributed by atoms with van der Waals surface area (Å²) >= 11 is 5.91. The molecule has 6 nitrogen and oxygen atoms in total. The molecule has 0 saturated heterocycles. The number of carbonyl (C=O) groups excluding carboxylic acids is 1. The van der Waals surface area contributed by atoms with E-state index in [0.717, 1.165) is 5.56 Å².